The van der Waals surface area contributed by atoms with Crippen LogP contribution in [0.3, 0.4) is 0 Å². The van der Waals surface area contributed by atoms with Gasteiger partial charge in [0.05, 0.1) is 12.4 Å². The predicted molar refractivity (Wildman–Crippen MR) is 82.5 cm³/mol. The van der Waals surface area contributed by atoms with Gasteiger partial charge in [-0.15, -0.1) is 0 Å². The molecule has 104 valence electrons. The van der Waals surface area contributed by atoms with E-state index in [1.807, 2.05) is 62.4 Å². The van der Waals surface area contributed by atoms with Gasteiger partial charge in [-0.2, -0.15) is 0 Å². The normalized spacial score (nSPS) is 10.9. The van der Waals surface area contributed by atoms with Crippen molar-refractivity contribution in [3.63, 3.8) is 0 Å². The van der Waals surface area contributed by atoms with Crippen molar-refractivity contribution in [3.8, 4) is 5.75 Å². The molecule has 0 radical (unpaired) electrons. The van der Waals surface area contributed by atoms with Crippen LogP contribution in [0.25, 0.3) is 6.08 Å². The predicted octanol–water partition coefficient (Wildman–Crippen LogP) is 4.66. The Kier molecular flexibility index (Phi) is 5.24. The first-order chi connectivity index (χ1) is 9.74. The zero-order chi connectivity index (χ0) is 14.2. The van der Waals surface area contributed by atoms with E-state index in [-0.39, 0.29) is 6.10 Å². The van der Waals surface area contributed by atoms with Gasteiger partial charge in [-0.05, 0) is 43.2 Å². The smallest absolute Gasteiger partial charge is 0.120 e. The zero-order valence-corrected chi connectivity index (χ0v) is 12.0. The van der Waals surface area contributed by atoms with Crippen LogP contribution in [-0.2, 0) is 11.3 Å². The molecule has 2 aromatic rings. The van der Waals surface area contributed by atoms with Gasteiger partial charge < -0.3 is 9.47 Å². The quantitative estimate of drug-likeness (QED) is 0.709. The van der Waals surface area contributed by atoms with Crippen molar-refractivity contribution in [2.24, 2.45) is 0 Å². The van der Waals surface area contributed by atoms with Gasteiger partial charge in [0, 0.05) is 0 Å². The fourth-order valence-electron chi connectivity index (χ4n) is 1.72. The number of rotatable bonds is 6. The monoisotopic (exact) mass is 268 g/mol. The maximum absolute atomic E-state index is 5.79. The fraction of sp³-hybridized carbons (Fsp3) is 0.222. The number of hydrogen-bond donors (Lipinski definition) is 0. The second kappa shape index (κ2) is 7.39. The minimum absolute atomic E-state index is 0.198. The standard InChI is InChI=1S/C18H20O2/c1-15(2)19-12-11-16-9-6-10-18(13-16)20-14-17-7-4-3-5-8-17/h3-13,15H,14H2,1-2H3. The molecule has 0 saturated heterocycles. The first-order valence-corrected chi connectivity index (χ1v) is 6.83. The molecule has 2 aromatic carbocycles. The van der Waals surface area contributed by atoms with Crippen molar-refractivity contribution in [2.75, 3.05) is 0 Å². The van der Waals surface area contributed by atoms with E-state index in [0.717, 1.165) is 16.9 Å². The lowest BCUT2D eigenvalue weighted by molar-refractivity contribution is 0.181. The molecule has 0 aliphatic heterocycles. The van der Waals surface area contributed by atoms with Crippen molar-refractivity contribution in [1.82, 2.24) is 0 Å². The van der Waals surface area contributed by atoms with Crippen molar-refractivity contribution >= 4 is 6.08 Å². The molecule has 0 unspecified atom stereocenters. The molecule has 0 aliphatic rings. The van der Waals surface area contributed by atoms with Crippen molar-refractivity contribution in [2.45, 2.75) is 26.6 Å². The van der Waals surface area contributed by atoms with Gasteiger partial charge in [0.25, 0.3) is 0 Å². The average molecular weight is 268 g/mol. The van der Waals surface area contributed by atoms with Crippen LogP contribution in [0.15, 0.2) is 60.9 Å². The molecule has 2 heteroatoms. The van der Waals surface area contributed by atoms with E-state index >= 15 is 0 Å². The van der Waals surface area contributed by atoms with Crippen LogP contribution in [-0.4, -0.2) is 6.10 Å². The maximum atomic E-state index is 5.79. The molecule has 0 spiro atoms. The number of benzene rings is 2. The minimum atomic E-state index is 0.198. The van der Waals surface area contributed by atoms with E-state index in [4.69, 9.17) is 9.47 Å². The number of ether oxygens (including phenoxy) is 2. The highest BCUT2D eigenvalue weighted by Crippen LogP contribution is 2.16. The molecular weight excluding hydrogens is 248 g/mol. The molecule has 2 rings (SSSR count). The summed E-state index contributed by atoms with van der Waals surface area (Å²) in [5.41, 5.74) is 2.23. The van der Waals surface area contributed by atoms with Gasteiger partial charge in [-0.3, -0.25) is 0 Å². The zero-order valence-electron chi connectivity index (χ0n) is 12.0. The minimum Gasteiger partial charge on any atom is -0.499 e. The lowest BCUT2D eigenvalue weighted by Crippen LogP contribution is -1.95. The van der Waals surface area contributed by atoms with Gasteiger partial charge in [0.1, 0.15) is 12.4 Å². The van der Waals surface area contributed by atoms with Crippen LogP contribution >= 0.6 is 0 Å². The summed E-state index contributed by atoms with van der Waals surface area (Å²) in [4.78, 5) is 0. The highest BCUT2D eigenvalue weighted by Gasteiger charge is 1.96. The summed E-state index contributed by atoms with van der Waals surface area (Å²) in [5.74, 6) is 0.862. The summed E-state index contributed by atoms with van der Waals surface area (Å²) in [7, 11) is 0. The summed E-state index contributed by atoms with van der Waals surface area (Å²) in [5, 5.41) is 0. The lowest BCUT2D eigenvalue weighted by Gasteiger charge is -2.07. The maximum Gasteiger partial charge on any atom is 0.120 e. The summed E-state index contributed by atoms with van der Waals surface area (Å²) in [6.45, 7) is 4.59. The van der Waals surface area contributed by atoms with Gasteiger partial charge in [0.2, 0.25) is 0 Å². The van der Waals surface area contributed by atoms with Crippen LogP contribution in [0.4, 0.5) is 0 Å². The molecule has 20 heavy (non-hydrogen) atoms. The van der Waals surface area contributed by atoms with Gasteiger partial charge >= 0.3 is 0 Å². The van der Waals surface area contributed by atoms with Crippen LogP contribution in [0.1, 0.15) is 25.0 Å². The van der Waals surface area contributed by atoms with E-state index in [9.17, 15) is 0 Å². The molecular formula is C18H20O2. The Labute approximate surface area is 120 Å². The number of hydrogen-bond acceptors (Lipinski definition) is 2. The van der Waals surface area contributed by atoms with E-state index in [1.54, 1.807) is 6.26 Å². The average Bonchev–Trinajstić information content (AvgIpc) is 2.46. The molecule has 0 heterocycles. The molecule has 0 atom stereocenters. The highest BCUT2D eigenvalue weighted by molar-refractivity contribution is 5.50. The Hall–Kier alpha value is -2.22. The Morgan fingerprint density at radius 3 is 2.55 bits per heavy atom. The summed E-state index contributed by atoms with van der Waals surface area (Å²) < 4.78 is 11.2. The van der Waals surface area contributed by atoms with Gasteiger partial charge in [-0.25, -0.2) is 0 Å². The molecule has 0 amide bonds. The summed E-state index contributed by atoms with van der Waals surface area (Å²) >= 11 is 0. The molecule has 2 nitrogen and oxygen atoms in total. The van der Waals surface area contributed by atoms with Crippen LogP contribution in [0, 0.1) is 0 Å². The second-order valence-corrected chi connectivity index (χ2v) is 4.83. The molecule has 0 aliphatic carbocycles. The Balaban J connectivity index is 1.94. The third-order valence-electron chi connectivity index (χ3n) is 2.72. The Morgan fingerprint density at radius 2 is 1.80 bits per heavy atom. The topological polar surface area (TPSA) is 18.5 Å². The highest BCUT2D eigenvalue weighted by atomic mass is 16.5. The molecule has 0 saturated carbocycles. The lowest BCUT2D eigenvalue weighted by atomic mass is 10.2. The SMILES string of the molecule is CC(C)OC=Cc1cccc(OCc2ccccc2)c1. The summed E-state index contributed by atoms with van der Waals surface area (Å²) in [6.07, 6.45) is 3.86. The summed E-state index contributed by atoms with van der Waals surface area (Å²) in [6, 6.07) is 18.1. The largest absolute Gasteiger partial charge is 0.499 e. The fourth-order valence-corrected chi connectivity index (χ4v) is 1.72. The Bertz CT molecular complexity index is 544. The molecule has 0 bridgehead atoms. The van der Waals surface area contributed by atoms with E-state index in [1.165, 1.54) is 0 Å². The van der Waals surface area contributed by atoms with Gasteiger partial charge in [-0.1, -0.05) is 42.5 Å². The van der Waals surface area contributed by atoms with Crippen LogP contribution in [0.5, 0.6) is 5.75 Å². The van der Waals surface area contributed by atoms with Crippen LogP contribution in [0.2, 0.25) is 0 Å². The second-order valence-electron chi connectivity index (χ2n) is 4.83. The van der Waals surface area contributed by atoms with Crippen LogP contribution < -0.4 is 4.74 Å². The van der Waals surface area contributed by atoms with Crippen molar-refractivity contribution in [3.05, 3.63) is 72.0 Å². The Morgan fingerprint density at radius 1 is 1.00 bits per heavy atom. The third kappa shape index (κ3) is 4.81. The molecule has 0 N–H and O–H groups in total. The molecule has 0 aromatic heterocycles. The van der Waals surface area contributed by atoms with E-state index in [2.05, 4.69) is 12.1 Å². The third-order valence-corrected chi connectivity index (χ3v) is 2.72. The van der Waals surface area contributed by atoms with E-state index in [0.29, 0.717) is 6.61 Å². The molecule has 0 fully saturated rings. The van der Waals surface area contributed by atoms with Crippen molar-refractivity contribution in [1.29, 1.82) is 0 Å². The first kappa shape index (κ1) is 14.2. The van der Waals surface area contributed by atoms with Crippen molar-refractivity contribution < 1.29 is 9.47 Å². The first-order valence-electron chi connectivity index (χ1n) is 6.83. The van der Waals surface area contributed by atoms with Gasteiger partial charge in [0.15, 0.2) is 0 Å². The van der Waals surface area contributed by atoms with E-state index < -0.39 is 0 Å².